The highest BCUT2D eigenvalue weighted by atomic mass is 16.3. The standard InChI is InChI=1S/C31H43N3O6/c32-29-22(10-16-38)19(7-13-35)1-4-25(29)28(26-5-2-20(8-14-36)23(11-17-39)30(26)33)27-6-3-21(9-15-37)24(12-18-40)31(27)34/h1-6,28,35-40H,7-18,32-34H2. The average Bonchev–Trinajstić information content (AvgIpc) is 2.94. The maximum absolute atomic E-state index is 9.80. The molecule has 0 saturated carbocycles. The number of nitrogen functional groups attached to an aromatic ring is 3. The molecule has 0 heterocycles. The van der Waals surface area contributed by atoms with Gasteiger partial charge >= 0.3 is 0 Å². The highest BCUT2D eigenvalue weighted by Gasteiger charge is 2.28. The molecule has 0 unspecified atom stereocenters. The van der Waals surface area contributed by atoms with Crippen LogP contribution >= 0.6 is 0 Å². The molecule has 0 spiro atoms. The average molecular weight is 554 g/mol. The smallest absolute Gasteiger partial charge is 0.0472 e. The minimum atomic E-state index is -0.540. The molecule has 12 N–H and O–H groups in total. The van der Waals surface area contributed by atoms with E-state index in [0.717, 1.165) is 50.1 Å². The van der Waals surface area contributed by atoms with Gasteiger partial charge in [-0.05, 0) is 88.6 Å². The minimum absolute atomic E-state index is 0.0613. The van der Waals surface area contributed by atoms with Crippen molar-refractivity contribution in [3.63, 3.8) is 0 Å². The second-order valence-electron chi connectivity index (χ2n) is 9.89. The van der Waals surface area contributed by atoms with Crippen LogP contribution in [0.5, 0.6) is 0 Å². The first-order chi connectivity index (χ1) is 19.4. The largest absolute Gasteiger partial charge is 0.398 e. The first kappa shape index (κ1) is 31.3. The summed E-state index contributed by atoms with van der Waals surface area (Å²) in [6, 6.07) is 11.4. The van der Waals surface area contributed by atoms with E-state index in [1.807, 2.05) is 36.4 Å². The fourth-order valence-corrected chi connectivity index (χ4v) is 5.73. The van der Waals surface area contributed by atoms with Crippen LogP contribution in [0.25, 0.3) is 0 Å². The van der Waals surface area contributed by atoms with Crippen molar-refractivity contribution in [3.8, 4) is 0 Å². The van der Waals surface area contributed by atoms with Gasteiger partial charge in [-0.2, -0.15) is 0 Å². The predicted molar refractivity (Wildman–Crippen MR) is 158 cm³/mol. The lowest BCUT2D eigenvalue weighted by Gasteiger charge is -2.28. The van der Waals surface area contributed by atoms with E-state index in [1.165, 1.54) is 0 Å². The van der Waals surface area contributed by atoms with Crippen LogP contribution in [-0.2, 0) is 38.5 Å². The molecule has 0 radical (unpaired) electrons. The molecule has 0 amide bonds. The van der Waals surface area contributed by atoms with E-state index in [2.05, 4.69) is 0 Å². The van der Waals surface area contributed by atoms with E-state index in [9.17, 15) is 30.6 Å². The fourth-order valence-electron chi connectivity index (χ4n) is 5.73. The van der Waals surface area contributed by atoms with E-state index in [1.54, 1.807) is 0 Å². The van der Waals surface area contributed by atoms with E-state index in [0.29, 0.717) is 55.6 Å². The lowest BCUT2D eigenvalue weighted by atomic mass is 9.78. The van der Waals surface area contributed by atoms with Crippen LogP contribution in [0.2, 0.25) is 0 Å². The number of benzene rings is 3. The molecule has 0 saturated heterocycles. The summed E-state index contributed by atoms with van der Waals surface area (Å²) in [5, 5.41) is 58.2. The van der Waals surface area contributed by atoms with Gasteiger partial charge in [0.25, 0.3) is 0 Å². The Kier molecular flexibility index (Phi) is 11.8. The Hall–Kier alpha value is -3.18. The second kappa shape index (κ2) is 15.0. The summed E-state index contributed by atoms with van der Waals surface area (Å²) in [7, 11) is 0. The van der Waals surface area contributed by atoms with Crippen molar-refractivity contribution in [2.45, 2.75) is 44.4 Å². The van der Waals surface area contributed by atoms with Gasteiger partial charge in [-0.15, -0.1) is 0 Å². The molecule has 218 valence electrons. The van der Waals surface area contributed by atoms with E-state index in [-0.39, 0.29) is 39.6 Å². The lowest BCUT2D eigenvalue weighted by molar-refractivity contribution is 0.293. The van der Waals surface area contributed by atoms with Crippen LogP contribution in [0.15, 0.2) is 36.4 Å². The number of nitrogens with two attached hydrogens (primary N) is 3. The zero-order valence-electron chi connectivity index (χ0n) is 22.9. The Morgan fingerprint density at radius 3 is 0.875 bits per heavy atom. The third-order valence-corrected chi connectivity index (χ3v) is 7.63. The Bertz CT molecular complexity index is 1120. The number of aliphatic hydroxyl groups excluding tert-OH is 6. The molecule has 9 heteroatoms. The number of hydrogen-bond acceptors (Lipinski definition) is 9. The summed E-state index contributed by atoms with van der Waals surface area (Å²) in [5.41, 5.74) is 28.7. The molecule has 9 nitrogen and oxygen atoms in total. The summed E-state index contributed by atoms with van der Waals surface area (Å²) in [5.74, 6) is -0.540. The van der Waals surface area contributed by atoms with Crippen LogP contribution in [0.3, 0.4) is 0 Å². The third kappa shape index (κ3) is 6.58. The topological polar surface area (TPSA) is 199 Å². The molecule has 3 rings (SSSR count). The predicted octanol–water partition coefficient (Wildman–Crippen LogP) is 0.822. The van der Waals surface area contributed by atoms with Crippen molar-refractivity contribution in [2.24, 2.45) is 0 Å². The molecule has 0 fully saturated rings. The first-order valence-corrected chi connectivity index (χ1v) is 13.7. The Morgan fingerprint density at radius 2 is 0.650 bits per heavy atom. The minimum Gasteiger partial charge on any atom is -0.398 e. The van der Waals surface area contributed by atoms with Crippen LogP contribution in [0.1, 0.15) is 56.0 Å². The zero-order valence-corrected chi connectivity index (χ0v) is 22.9. The van der Waals surface area contributed by atoms with Gasteiger partial charge in [-0.1, -0.05) is 36.4 Å². The van der Waals surface area contributed by atoms with Gasteiger partial charge in [-0.3, -0.25) is 0 Å². The lowest BCUT2D eigenvalue weighted by Crippen LogP contribution is -2.17. The second-order valence-corrected chi connectivity index (χ2v) is 9.89. The normalized spacial score (nSPS) is 11.5. The van der Waals surface area contributed by atoms with Crippen molar-refractivity contribution >= 4 is 17.1 Å². The molecule has 3 aromatic carbocycles. The Morgan fingerprint density at radius 1 is 0.400 bits per heavy atom. The van der Waals surface area contributed by atoms with Gasteiger partial charge < -0.3 is 47.8 Å². The van der Waals surface area contributed by atoms with Crippen LogP contribution in [0, 0.1) is 0 Å². The molecule has 3 aromatic rings. The van der Waals surface area contributed by atoms with Crippen LogP contribution in [-0.4, -0.2) is 70.3 Å². The molecular weight excluding hydrogens is 510 g/mol. The van der Waals surface area contributed by atoms with Gasteiger partial charge in [0, 0.05) is 62.6 Å². The third-order valence-electron chi connectivity index (χ3n) is 7.63. The molecule has 40 heavy (non-hydrogen) atoms. The van der Waals surface area contributed by atoms with E-state index in [4.69, 9.17) is 17.2 Å². The van der Waals surface area contributed by atoms with Gasteiger partial charge in [0.05, 0.1) is 0 Å². The van der Waals surface area contributed by atoms with Crippen molar-refractivity contribution in [2.75, 3.05) is 56.8 Å². The molecular formula is C31H43N3O6. The van der Waals surface area contributed by atoms with Crippen molar-refractivity contribution in [1.29, 1.82) is 0 Å². The monoisotopic (exact) mass is 553 g/mol. The summed E-state index contributed by atoms with van der Waals surface area (Å²) in [6.07, 6.45) is 2.10. The maximum Gasteiger partial charge on any atom is 0.0472 e. The number of aliphatic hydroxyl groups is 6. The van der Waals surface area contributed by atoms with Gasteiger partial charge in [-0.25, -0.2) is 0 Å². The van der Waals surface area contributed by atoms with Crippen molar-refractivity contribution in [1.82, 2.24) is 0 Å². The highest BCUT2D eigenvalue weighted by molar-refractivity contribution is 5.72. The molecule has 0 atom stereocenters. The van der Waals surface area contributed by atoms with Gasteiger partial charge in [0.2, 0.25) is 0 Å². The molecule has 0 aromatic heterocycles. The molecule has 0 aliphatic carbocycles. The SMILES string of the molecule is Nc1c(C(c2ccc(CCO)c(CCO)c2N)c2ccc(CCO)c(CCO)c2N)ccc(CCO)c1CCO. The van der Waals surface area contributed by atoms with E-state index >= 15 is 0 Å². The van der Waals surface area contributed by atoms with Gasteiger partial charge in [0.15, 0.2) is 0 Å². The summed E-state index contributed by atoms with van der Waals surface area (Å²) in [4.78, 5) is 0. The number of rotatable bonds is 15. The van der Waals surface area contributed by atoms with Crippen molar-refractivity contribution in [3.05, 3.63) is 86.5 Å². The number of anilines is 3. The molecule has 0 aliphatic rings. The number of hydrogen-bond donors (Lipinski definition) is 9. The zero-order chi connectivity index (χ0) is 29.2. The summed E-state index contributed by atoms with van der Waals surface area (Å²) >= 11 is 0. The van der Waals surface area contributed by atoms with Crippen LogP contribution in [0.4, 0.5) is 17.1 Å². The van der Waals surface area contributed by atoms with E-state index < -0.39 is 5.92 Å². The highest BCUT2D eigenvalue weighted by Crippen LogP contribution is 2.44. The first-order valence-electron chi connectivity index (χ1n) is 13.7. The quantitative estimate of drug-likeness (QED) is 0.0965. The van der Waals surface area contributed by atoms with Gasteiger partial charge in [0.1, 0.15) is 0 Å². The Balaban J connectivity index is 2.40. The van der Waals surface area contributed by atoms with Crippen molar-refractivity contribution < 1.29 is 30.6 Å². The molecule has 0 aliphatic heterocycles. The summed E-state index contributed by atoms with van der Waals surface area (Å²) in [6.45, 7) is -0.535. The fraction of sp³-hybridized carbons (Fsp3) is 0.419. The Labute approximate surface area is 235 Å². The van der Waals surface area contributed by atoms with Crippen LogP contribution < -0.4 is 17.2 Å². The molecule has 0 bridgehead atoms. The maximum atomic E-state index is 9.80. The summed E-state index contributed by atoms with van der Waals surface area (Å²) < 4.78 is 0.